The summed E-state index contributed by atoms with van der Waals surface area (Å²) in [5, 5.41) is 13.0. The van der Waals surface area contributed by atoms with Gasteiger partial charge in [0.25, 0.3) is 0 Å². The van der Waals surface area contributed by atoms with Crippen molar-refractivity contribution in [3.63, 3.8) is 0 Å². The van der Waals surface area contributed by atoms with Crippen LogP contribution in [0.15, 0.2) is 16.5 Å². The van der Waals surface area contributed by atoms with Crippen LogP contribution in [0.25, 0.3) is 11.1 Å². The molecule has 2 atom stereocenters. The molecule has 0 bridgehead atoms. The predicted molar refractivity (Wildman–Crippen MR) is 83.4 cm³/mol. The van der Waals surface area contributed by atoms with Crippen molar-refractivity contribution >= 4 is 11.1 Å². The van der Waals surface area contributed by atoms with Crippen molar-refractivity contribution in [2.75, 3.05) is 0 Å². The number of aromatic nitrogens is 1. The molecule has 1 aromatic heterocycles. The van der Waals surface area contributed by atoms with Crippen LogP contribution in [0.3, 0.4) is 0 Å². The molecule has 1 saturated carbocycles. The molecule has 7 heteroatoms. The zero-order valence-electron chi connectivity index (χ0n) is 13.9. The first kappa shape index (κ1) is 17.2. The van der Waals surface area contributed by atoms with Gasteiger partial charge in [-0.3, -0.25) is 0 Å². The van der Waals surface area contributed by atoms with Crippen molar-refractivity contribution in [2.45, 2.75) is 58.5 Å². The van der Waals surface area contributed by atoms with Crippen LogP contribution in [0.5, 0.6) is 0 Å². The molecule has 4 nitrogen and oxygen atoms in total. The summed E-state index contributed by atoms with van der Waals surface area (Å²) in [6, 6.07) is 2.81. The van der Waals surface area contributed by atoms with Gasteiger partial charge in [0, 0.05) is 24.4 Å². The van der Waals surface area contributed by atoms with Crippen LogP contribution in [0.2, 0.25) is 0 Å². The Balaban J connectivity index is 1.88. The second-order valence-corrected chi connectivity index (χ2v) is 6.96. The molecular formula is C17H21F3N2O2. The number of benzene rings is 1. The van der Waals surface area contributed by atoms with Crippen molar-refractivity contribution in [1.82, 2.24) is 10.3 Å². The number of nitrogens with zero attached hydrogens (tertiary/aromatic N) is 1. The van der Waals surface area contributed by atoms with Crippen LogP contribution >= 0.6 is 0 Å². The van der Waals surface area contributed by atoms with Crippen molar-refractivity contribution in [1.29, 1.82) is 0 Å². The average Bonchev–Trinajstić information content (AvgIpc) is 2.92. The summed E-state index contributed by atoms with van der Waals surface area (Å²) in [6.45, 7) is 5.95. The zero-order chi connectivity index (χ0) is 17.7. The van der Waals surface area contributed by atoms with E-state index in [1.165, 1.54) is 0 Å². The predicted octanol–water partition coefficient (Wildman–Crippen LogP) is 3.66. The summed E-state index contributed by atoms with van der Waals surface area (Å²) in [5.74, 6) is 0.295. The molecule has 2 aromatic rings. The Kier molecular flexibility index (Phi) is 4.12. The Morgan fingerprint density at radius 3 is 2.62 bits per heavy atom. The lowest BCUT2D eigenvalue weighted by atomic mass is 9.64. The lowest BCUT2D eigenvalue weighted by molar-refractivity contribution is -0.136. The Hall–Kier alpha value is -1.60. The molecule has 3 rings (SSSR count). The lowest BCUT2D eigenvalue weighted by Crippen LogP contribution is -2.59. The molecule has 24 heavy (non-hydrogen) atoms. The van der Waals surface area contributed by atoms with Gasteiger partial charge < -0.3 is 14.8 Å². The Morgan fingerprint density at radius 1 is 1.38 bits per heavy atom. The summed E-state index contributed by atoms with van der Waals surface area (Å²) >= 11 is 0. The van der Waals surface area contributed by atoms with E-state index in [1.54, 1.807) is 13.0 Å². The maximum Gasteiger partial charge on any atom is 0.420 e. The van der Waals surface area contributed by atoms with Crippen molar-refractivity contribution in [2.24, 2.45) is 5.41 Å². The standard InChI is InChI=1S/C17H21F3N2O2/c1-4-14-22-11-6-9(5-10(15(11)24-14)17(18,19)20)8-21-12-7-13(23)16(12,2)3/h5-6,12-13,21,23H,4,7-8H2,1-3H3/t12-,13-/m0/s1. The third-order valence-corrected chi connectivity index (χ3v) is 4.97. The summed E-state index contributed by atoms with van der Waals surface area (Å²) in [6.07, 6.45) is -3.84. The number of nitrogens with one attached hydrogen (secondary N) is 1. The number of hydrogen-bond acceptors (Lipinski definition) is 4. The number of aliphatic hydroxyl groups excluding tert-OH is 1. The number of aryl methyl sites for hydroxylation is 1. The van der Waals surface area contributed by atoms with Crippen LogP contribution in [-0.4, -0.2) is 22.2 Å². The quantitative estimate of drug-likeness (QED) is 0.890. The van der Waals surface area contributed by atoms with E-state index in [0.29, 0.717) is 24.3 Å². The molecule has 132 valence electrons. The number of oxazole rings is 1. The highest BCUT2D eigenvalue weighted by Gasteiger charge is 2.46. The van der Waals surface area contributed by atoms with Gasteiger partial charge in [-0.25, -0.2) is 4.98 Å². The molecule has 1 aromatic carbocycles. The van der Waals surface area contributed by atoms with Crippen LogP contribution < -0.4 is 5.32 Å². The smallest absolute Gasteiger partial charge is 0.420 e. The second-order valence-electron chi connectivity index (χ2n) is 6.96. The molecule has 0 radical (unpaired) electrons. The van der Waals surface area contributed by atoms with E-state index in [-0.39, 0.29) is 35.2 Å². The number of fused-ring (bicyclic) bond motifs is 1. The molecule has 1 aliphatic rings. The maximum absolute atomic E-state index is 13.3. The molecule has 2 N–H and O–H groups in total. The van der Waals surface area contributed by atoms with Gasteiger partial charge in [0.15, 0.2) is 11.5 Å². The number of alkyl halides is 3. The first-order chi connectivity index (χ1) is 11.1. The molecule has 0 spiro atoms. The van der Waals surface area contributed by atoms with Crippen LogP contribution in [-0.2, 0) is 19.1 Å². The normalized spacial score (nSPS) is 23.5. The third kappa shape index (κ3) is 2.91. The second kappa shape index (κ2) is 5.74. The molecule has 0 saturated heterocycles. The minimum atomic E-state index is -4.50. The van der Waals surface area contributed by atoms with Crippen molar-refractivity contribution < 1.29 is 22.7 Å². The fourth-order valence-corrected chi connectivity index (χ4v) is 3.09. The zero-order valence-corrected chi connectivity index (χ0v) is 13.9. The third-order valence-electron chi connectivity index (χ3n) is 4.97. The van der Waals surface area contributed by atoms with E-state index in [9.17, 15) is 18.3 Å². The summed E-state index contributed by atoms with van der Waals surface area (Å²) < 4.78 is 45.2. The van der Waals surface area contributed by atoms with E-state index in [1.807, 2.05) is 13.8 Å². The topological polar surface area (TPSA) is 58.3 Å². The van der Waals surface area contributed by atoms with E-state index >= 15 is 0 Å². The summed E-state index contributed by atoms with van der Waals surface area (Å²) in [7, 11) is 0. The first-order valence-electron chi connectivity index (χ1n) is 8.04. The molecule has 1 aliphatic carbocycles. The highest BCUT2D eigenvalue weighted by Crippen LogP contribution is 2.41. The lowest BCUT2D eigenvalue weighted by Gasteiger charge is -2.49. The molecule has 0 amide bonds. The Morgan fingerprint density at radius 2 is 2.08 bits per heavy atom. The van der Waals surface area contributed by atoms with Gasteiger partial charge in [-0.2, -0.15) is 13.2 Å². The van der Waals surface area contributed by atoms with Gasteiger partial charge in [-0.1, -0.05) is 20.8 Å². The van der Waals surface area contributed by atoms with E-state index in [4.69, 9.17) is 4.42 Å². The highest BCUT2D eigenvalue weighted by molar-refractivity contribution is 5.78. The molecular weight excluding hydrogens is 321 g/mol. The average molecular weight is 342 g/mol. The monoisotopic (exact) mass is 342 g/mol. The van der Waals surface area contributed by atoms with Crippen molar-refractivity contribution in [3.05, 3.63) is 29.2 Å². The molecule has 1 heterocycles. The number of hydrogen-bond donors (Lipinski definition) is 2. The van der Waals surface area contributed by atoms with E-state index in [2.05, 4.69) is 10.3 Å². The number of halogens is 3. The van der Waals surface area contributed by atoms with Crippen LogP contribution in [0, 0.1) is 5.41 Å². The van der Waals surface area contributed by atoms with Crippen LogP contribution in [0.1, 0.15) is 44.2 Å². The van der Waals surface area contributed by atoms with Gasteiger partial charge in [0.2, 0.25) is 0 Å². The Labute approximate surface area is 138 Å². The largest absolute Gasteiger partial charge is 0.440 e. The van der Waals surface area contributed by atoms with Gasteiger partial charge in [-0.05, 0) is 24.1 Å². The Bertz CT molecular complexity index is 752. The van der Waals surface area contributed by atoms with Gasteiger partial charge >= 0.3 is 6.18 Å². The molecule has 0 unspecified atom stereocenters. The first-order valence-corrected chi connectivity index (χ1v) is 8.04. The number of aliphatic hydroxyl groups is 1. The fourth-order valence-electron chi connectivity index (χ4n) is 3.09. The van der Waals surface area contributed by atoms with E-state index in [0.717, 1.165) is 6.07 Å². The van der Waals surface area contributed by atoms with Crippen LogP contribution in [0.4, 0.5) is 13.2 Å². The SMILES string of the molecule is CCc1nc2cc(CN[C@H]3C[C@H](O)C3(C)C)cc(C(F)(F)F)c2o1. The van der Waals surface area contributed by atoms with Gasteiger partial charge in [0.05, 0.1) is 6.10 Å². The maximum atomic E-state index is 13.3. The summed E-state index contributed by atoms with van der Waals surface area (Å²) in [4.78, 5) is 4.13. The minimum Gasteiger partial charge on any atom is -0.440 e. The summed E-state index contributed by atoms with van der Waals surface area (Å²) in [5.41, 5.74) is -0.547. The van der Waals surface area contributed by atoms with Crippen molar-refractivity contribution in [3.8, 4) is 0 Å². The highest BCUT2D eigenvalue weighted by atomic mass is 19.4. The van der Waals surface area contributed by atoms with Gasteiger partial charge in [0.1, 0.15) is 11.1 Å². The van der Waals surface area contributed by atoms with Gasteiger partial charge in [-0.15, -0.1) is 0 Å². The fraction of sp³-hybridized carbons (Fsp3) is 0.588. The van der Waals surface area contributed by atoms with E-state index < -0.39 is 11.7 Å². The number of rotatable bonds is 4. The molecule has 0 aliphatic heterocycles. The minimum absolute atomic E-state index is 0.0704. The molecule has 1 fully saturated rings.